The predicted octanol–water partition coefficient (Wildman–Crippen LogP) is 6.26. The Hall–Kier alpha value is -1.17. The van der Waals surface area contributed by atoms with Gasteiger partial charge in [0.1, 0.15) is 5.75 Å². The van der Waals surface area contributed by atoms with E-state index in [0.717, 1.165) is 0 Å². The van der Waals surface area contributed by atoms with Crippen molar-refractivity contribution in [1.29, 1.82) is 0 Å². The summed E-state index contributed by atoms with van der Waals surface area (Å²) in [5.41, 5.74) is 3.71. The van der Waals surface area contributed by atoms with E-state index in [4.69, 9.17) is 62.7 Å². The van der Waals surface area contributed by atoms with Crippen LogP contribution >= 0.6 is 58.0 Å². The molecule has 0 aliphatic heterocycles. The molecule has 0 aliphatic rings. The number of hydrazone groups is 1. The third-order valence-electron chi connectivity index (χ3n) is 3.23. The number of rotatable bonds is 6. The van der Waals surface area contributed by atoms with Gasteiger partial charge >= 0.3 is 0 Å². The Morgan fingerprint density at radius 1 is 1.00 bits per heavy atom. The van der Waals surface area contributed by atoms with Gasteiger partial charge in [-0.2, -0.15) is 5.10 Å². The number of hydrogen-bond donors (Lipinski definition) is 1. The van der Waals surface area contributed by atoms with Gasteiger partial charge in [0, 0.05) is 16.7 Å². The highest BCUT2D eigenvalue weighted by molar-refractivity contribution is 6.43. The van der Waals surface area contributed by atoms with Crippen LogP contribution in [0.1, 0.15) is 18.9 Å². The van der Waals surface area contributed by atoms with Crippen LogP contribution in [0, 0.1) is 0 Å². The molecule has 2 aromatic carbocycles. The van der Waals surface area contributed by atoms with Crippen LogP contribution in [-0.4, -0.2) is 18.2 Å². The maximum Gasteiger partial charge on any atom is 0.277 e. The van der Waals surface area contributed by atoms with Crippen molar-refractivity contribution in [2.45, 2.75) is 13.3 Å². The Balaban J connectivity index is 2.02. The smallest absolute Gasteiger partial charge is 0.277 e. The zero-order chi connectivity index (χ0) is 19.3. The van der Waals surface area contributed by atoms with Crippen LogP contribution in [-0.2, 0) is 4.79 Å². The van der Waals surface area contributed by atoms with Gasteiger partial charge in [0.15, 0.2) is 6.61 Å². The first-order chi connectivity index (χ1) is 12.3. The molecule has 138 valence electrons. The summed E-state index contributed by atoms with van der Waals surface area (Å²) in [4.78, 5) is 12.0. The van der Waals surface area contributed by atoms with E-state index in [1.165, 1.54) is 12.1 Å². The SMILES string of the molecule is CCC(=NNC(=O)COc1cc(Cl)c(Cl)cc1Cl)c1ccc(Cl)cc1Cl. The molecule has 0 unspecified atom stereocenters. The molecule has 0 aliphatic carbocycles. The zero-order valence-electron chi connectivity index (χ0n) is 13.5. The maximum atomic E-state index is 12.0. The summed E-state index contributed by atoms with van der Waals surface area (Å²) < 4.78 is 5.35. The first-order valence-corrected chi connectivity index (χ1v) is 9.29. The fourth-order valence-corrected chi connectivity index (χ4v) is 3.08. The molecule has 2 rings (SSSR count). The lowest BCUT2D eigenvalue weighted by molar-refractivity contribution is -0.123. The molecule has 0 fully saturated rings. The molecule has 26 heavy (non-hydrogen) atoms. The van der Waals surface area contributed by atoms with Crippen molar-refractivity contribution in [3.63, 3.8) is 0 Å². The second-order valence-electron chi connectivity index (χ2n) is 5.06. The number of carbonyl (C=O) groups is 1. The van der Waals surface area contributed by atoms with E-state index >= 15 is 0 Å². The normalized spacial score (nSPS) is 11.4. The third kappa shape index (κ3) is 5.66. The van der Waals surface area contributed by atoms with Gasteiger partial charge in [-0.05, 0) is 24.6 Å². The monoisotopic (exact) mass is 452 g/mol. The summed E-state index contributed by atoms with van der Waals surface area (Å²) in [6.45, 7) is 1.59. The Morgan fingerprint density at radius 2 is 1.69 bits per heavy atom. The number of halogens is 5. The molecule has 9 heteroatoms. The Bertz CT molecular complexity index is 855. The lowest BCUT2D eigenvalue weighted by Crippen LogP contribution is -2.26. The number of amides is 1. The van der Waals surface area contributed by atoms with Crippen molar-refractivity contribution in [1.82, 2.24) is 5.43 Å². The standard InChI is InChI=1S/C17H13Cl5N2O2/c1-2-15(10-4-3-9(18)5-11(10)19)23-24-17(25)8-26-16-7-13(21)12(20)6-14(16)22/h3-7H,2,8H2,1H3,(H,24,25). The average Bonchev–Trinajstić information content (AvgIpc) is 2.58. The van der Waals surface area contributed by atoms with Gasteiger partial charge in [0.2, 0.25) is 0 Å². The van der Waals surface area contributed by atoms with Gasteiger partial charge in [-0.25, -0.2) is 5.43 Å². The summed E-state index contributed by atoms with van der Waals surface area (Å²) in [5, 5.41) is 5.89. The van der Waals surface area contributed by atoms with Crippen LogP contribution in [0.2, 0.25) is 25.1 Å². The van der Waals surface area contributed by atoms with Crippen molar-refractivity contribution >= 4 is 69.6 Å². The lowest BCUT2D eigenvalue weighted by atomic mass is 10.1. The van der Waals surface area contributed by atoms with Gasteiger partial charge in [-0.3, -0.25) is 4.79 Å². The first-order valence-electron chi connectivity index (χ1n) is 7.40. The second kappa shape index (κ2) is 9.67. The molecule has 1 amide bonds. The van der Waals surface area contributed by atoms with Crippen LogP contribution in [0.5, 0.6) is 5.75 Å². The summed E-state index contributed by atoms with van der Waals surface area (Å²) in [6.07, 6.45) is 0.557. The fraction of sp³-hybridized carbons (Fsp3) is 0.176. The van der Waals surface area contributed by atoms with Crippen molar-refractivity contribution < 1.29 is 9.53 Å². The fourth-order valence-electron chi connectivity index (χ4n) is 1.97. The van der Waals surface area contributed by atoms with E-state index in [1.54, 1.807) is 18.2 Å². The Morgan fingerprint density at radius 3 is 2.35 bits per heavy atom. The molecule has 0 aromatic heterocycles. The minimum Gasteiger partial charge on any atom is -0.482 e. The van der Waals surface area contributed by atoms with Gasteiger partial charge in [-0.1, -0.05) is 71.0 Å². The molecule has 0 saturated heterocycles. The summed E-state index contributed by atoms with van der Waals surface area (Å²) in [5.74, 6) is -0.222. The average molecular weight is 455 g/mol. The van der Waals surface area contributed by atoms with Gasteiger partial charge in [0.25, 0.3) is 5.91 Å². The summed E-state index contributed by atoms with van der Waals surface area (Å²) >= 11 is 29.8. The van der Waals surface area contributed by atoms with Crippen LogP contribution < -0.4 is 10.2 Å². The zero-order valence-corrected chi connectivity index (χ0v) is 17.2. The highest BCUT2D eigenvalue weighted by atomic mass is 35.5. The molecule has 0 saturated carbocycles. The minimum atomic E-state index is -0.469. The molecule has 1 N–H and O–H groups in total. The molecule has 0 bridgehead atoms. The van der Waals surface area contributed by atoms with Crippen LogP contribution in [0.15, 0.2) is 35.4 Å². The lowest BCUT2D eigenvalue weighted by Gasteiger charge is -2.10. The molecule has 4 nitrogen and oxygen atoms in total. The molecule has 0 spiro atoms. The molecule has 0 atom stereocenters. The van der Waals surface area contributed by atoms with Gasteiger partial charge in [0.05, 0.1) is 25.8 Å². The number of carbonyl (C=O) groups excluding carboxylic acids is 1. The summed E-state index contributed by atoms with van der Waals surface area (Å²) in [7, 11) is 0. The molecule has 2 aromatic rings. The largest absolute Gasteiger partial charge is 0.482 e. The van der Waals surface area contributed by atoms with Crippen molar-refractivity contribution in [2.75, 3.05) is 6.61 Å². The molecule has 0 heterocycles. The second-order valence-corrected chi connectivity index (χ2v) is 7.12. The quantitative estimate of drug-likeness (QED) is 0.318. The van der Waals surface area contributed by atoms with E-state index in [1.807, 2.05) is 6.92 Å². The third-order valence-corrected chi connectivity index (χ3v) is 4.79. The number of nitrogens with zero attached hydrogens (tertiary/aromatic N) is 1. The Labute approximate surface area is 176 Å². The number of nitrogens with one attached hydrogen (secondary N) is 1. The summed E-state index contributed by atoms with van der Waals surface area (Å²) in [6, 6.07) is 7.93. The topological polar surface area (TPSA) is 50.7 Å². The van der Waals surface area contributed by atoms with Crippen molar-refractivity contribution in [3.8, 4) is 5.75 Å². The van der Waals surface area contributed by atoms with Crippen molar-refractivity contribution in [2.24, 2.45) is 5.10 Å². The van der Waals surface area contributed by atoms with E-state index in [-0.39, 0.29) is 22.4 Å². The van der Waals surface area contributed by atoms with E-state index in [9.17, 15) is 4.79 Å². The van der Waals surface area contributed by atoms with E-state index in [0.29, 0.717) is 32.8 Å². The highest BCUT2D eigenvalue weighted by Crippen LogP contribution is 2.33. The number of hydrogen-bond acceptors (Lipinski definition) is 3. The molecular weight excluding hydrogens is 441 g/mol. The number of benzene rings is 2. The Kier molecular flexibility index (Phi) is 7.86. The minimum absolute atomic E-state index is 0.247. The predicted molar refractivity (Wildman–Crippen MR) is 108 cm³/mol. The number of ether oxygens (including phenoxy) is 1. The van der Waals surface area contributed by atoms with Crippen LogP contribution in [0.4, 0.5) is 0 Å². The van der Waals surface area contributed by atoms with E-state index < -0.39 is 5.91 Å². The molecule has 0 radical (unpaired) electrons. The van der Waals surface area contributed by atoms with E-state index in [2.05, 4.69) is 10.5 Å². The van der Waals surface area contributed by atoms with Crippen molar-refractivity contribution in [3.05, 3.63) is 61.0 Å². The molecular formula is C17H13Cl5N2O2. The first kappa shape index (κ1) is 21.1. The van der Waals surface area contributed by atoms with Crippen LogP contribution in [0.3, 0.4) is 0 Å². The van der Waals surface area contributed by atoms with Crippen LogP contribution in [0.25, 0.3) is 0 Å². The highest BCUT2D eigenvalue weighted by Gasteiger charge is 2.11. The van der Waals surface area contributed by atoms with Gasteiger partial charge in [-0.15, -0.1) is 0 Å². The van der Waals surface area contributed by atoms with Gasteiger partial charge < -0.3 is 4.74 Å². The maximum absolute atomic E-state index is 12.0.